The van der Waals surface area contributed by atoms with Crippen molar-refractivity contribution in [1.29, 1.82) is 0 Å². The first-order chi connectivity index (χ1) is 15.3. The van der Waals surface area contributed by atoms with Gasteiger partial charge in [0.05, 0.1) is 22.7 Å². The van der Waals surface area contributed by atoms with E-state index in [-0.39, 0.29) is 28.6 Å². The van der Waals surface area contributed by atoms with Gasteiger partial charge in [0.25, 0.3) is 11.5 Å². The molecule has 2 N–H and O–H groups in total. The predicted octanol–water partition coefficient (Wildman–Crippen LogP) is 3.66. The molecule has 1 heterocycles. The smallest absolute Gasteiger partial charge is 0.416 e. The third-order valence-electron chi connectivity index (χ3n) is 4.86. The second-order valence-electron chi connectivity index (χ2n) is 7.38. The van der Waals surface area contributed by atoms with Gasteiger partial charge in [-0.3, -0.25) is 9.59 Å². The normalized spacial score (nSPS) is 11.9. The fourth-order valence-corrected chi connectivity index (χ4v) is 3.70. The number of sulfone groups is 1. The molecule has 0 radical (unpaired) electrons. The molecule has 174 valence electrons. The number of aromatic amines is 1. The Morgan fingerprint density at radius 2 is 1.73 bits per heavy atom. The molecule has 2 aromatic carbocycles. The number of nitrogens with zero attached hydrogens (tertiary/aromatic N) is 1. The minimum Gasteiger partial charge on any atom is -0.506 e. The van der Waals surface area contributed by atoms with Crippen LogP contribution in [-0.2, 0) is 22.6 Å². The first kappa shape index (κ1) is 24.1. The molecule has 0 spiro atoms. The van der Waals surface area contributed by atoms with Crippen molar-refractivity contribution in [3.8, 4) is 5.75 Å². The average molecular weight is 480 g/mol. The van der Waals surface area contributed by atoms with Gasteiger partial charge in [0.15, 0.2) is 9.84 Å². The molecule has 3 rings (SSSR count). The third-order valence-corrected chi connectivity index (χ3v) is 5.99. The summed E-state index contributed by atoms with van der Waals surface area (Å²) in [7, 11) is -3.47. The zero-order chi connectivity index (χ0) is 24.6. The number of benzene rings is 2. The molecule has 7 nitrogen and oxygen atoms in total. The second kappa shape index (κ2) is 8.74. The summed E-state index contributed by atoms with van der Waals surface area (Å²) in [6.07, 6.45) is -3.64. The Balaban J connectivity index is 2.10. The first-order valence-corrected chi connectivity index (χ1v) is 11.4. The molecule has 1 aromatic heterocycles. The number of anilines is 1. The molecule has 33 heavy (non-hydrogen) atoms. The lowest BCUT2D eigenvalue weighted by Crippen LogP contribution is -2.34. The summed E-state index contributed by atoms with van der Waals surface area (Å²) in [4.78, 5) is 28.9. The standard InChI is InChI=1S/C22H19F3N2O5S/c1-13-19(28)11-18(20(29)26-13)21(30)27(16-5-3-4-15(10-16)22(23,24)25)12-14-6-8-17(9-7-14)33(2,31)32/h3-11,28H,12H2,1-2H3,(H,26,29). The van der Waals surface area contributed by atoms with E-state index in [0.29, 0.717) is 5.56 Å². The number of rotatable bonds is 5. The maximum atomic E-state index is 13.3. The van der Waals surface area contributed by atoms with Gasteiger partial charge in [0.1, 0.15) is 11.3 Å². The van der Waals surface area contributed by atoms with Crippen LogP contribution >= 0.6 is 0 Å². The van der Waals surface area contributed by atoms with Gasteiger partial charge in [-0.15, -0.1) is 0 Å². The number of hydrogen-bond acceptors (Lipinski definition) is 5. The minimum atomic E-state index is -4.67. The SMILES string of the molecule is Cc1[nH]c(=O)c(C(=O)N(Cc2ccc(S(C)(=O)=O)cc2)c2cccc(C(F)(F)F)c2)cc1O. The molecule has 0 aliphatic rings. The molecule has 0 aliphatic heterocycles. The van der Waals surface area contributed by atoms with Gasteiger partial charge in [-0.1, -0.05) is 18.2 Å². The topological polar surface area (TPSA) is 108 Å². The molecule has 0 bridgehead atoms. The van der Waals surface area contributed by atoms with Crippen molar-refractivity contribution in [2.75, 3.05) is 11.2 Å². The van der Waals surface area contributed by atoms with Crippen LogP contribution in [0.2, 0.25) is 0 Å². The number of nitrogens with one attached hydrogen (secondary N) is 1. The van der Waals surface area contributed by atoms with Gasteiger partial charge in [0, 0.05) is 18.0 Å². The maximum absolute atomic E-state index is 13.3. The van der Waals surface area contributed by atoms with E-state index in [2.05, 4.69) is 4.98 Å². The Morgan fingerprint density at radius 3 is 2.30 bits per heavy atom. The monoisotopic (exact) mass is 480 g/mol. The number of aromatic nitrogens is 1. The lowest BCUT2D eigenvalue weighted by atomic mass is 10.1. The Morgan fingerprint density at radius 1 is 1.09 bits per heavy atom. The van der Waals surface area contributed by atoms with Crippen molar-refractivity contribution in [3.63, 3.8) is 0 Å². The molecule has 0 aliphatic carbocycles. The highest BCUT2D eigenvalue weighted by molar-refractivity contribution is 7.90. The highest BCUT2D eigenvalue weighted by Crippen LogP contribution is 2.32. The number of carbonyl (C=O) groups excluding carboxylic acids is 1. The van der Waals surface area contributed by atoms with E-state index in [1.807, 2.05) is 0 Å². The molecule has 0 atom stereocenters. The first-order valence-electron chi connectivity index (χ1n) is 9.48. The summed E-state index contributed by atoms with van der Waals surface area (Å²) in [6, 6.07) is 10.4. The minimum absolute atomic E-state index is 0.0306. The van der Waals surface area contributed by atoms with Crippen LogP contribution < -0.4 is 10.5 Å². The number of aryl methyl sites for hydroxylation is 1. The number of amides is 1. The summed E-state index contributed by atoms with van der Waals surface area (Å²) in [6.45, 7) is 1.15. The molecule has 0 saturated heterocycles. The van der Waals surface area contributed by atoms with Crippen molar-refractivity contribution in [3.05, 3.63) is 87.3 Å². The molecule has 0 saturated carbocycles. The Hall–Kier alpha value is -3.60. The van der Waals surface area contributed by atoms with Crippen LogP contribution in [0, 0.1) is 6.92 Å². The lowest BCUT2D eigenvalue weighted by molar-refractivity contribution is -0.137. The molecule has 0 unspecified atom stereocenters. The Bertz CT molecular complexity index is 1360. The molecule has 3 aromatic rings. The van der Waals surface area contributed by atoms with Crippen molar-refractivity contribution < 1.29 is 31.5 Å². The number of H-pyrrole nitrogens is 1. The number of aromatic hydroxyl groups is 1. The molecule has 11 heteroatoms. The van der Waals surface area contributed by atoms with Crippen LogP contribution in [0.5, 0.6) is 5.75 Å². The summed E-state index contributed by atoms with van der Waals surface area (Å²) >= 11 is 0. The Labute approximate surface area is 187 Å². The average Bonchev–Trinajstić information content (AvgIpc) is 2.73. The molecule has 1 amide bonds. The van der Waals surface area contributed by atoms with Crippen LogP contribution in [0.15, 0.2) is 64.3 Å². The van der Waals surface area contributed by atoms with Crippen molar-refractivity contribution in [2.24, 2.45) is 0 Å². The molecular weight excluding hydrogens is 461 g/mol. The third kappa shape index (κ3) is 5.43. The van der Waals surface area contributed by atoms with Crippen molar-refractivity contribution in [1.82, 2.24) is 4.98 Å². The van der Waals surface area contributed by atoms with E-state index < -0.39 is 38.6 Å². The van der Waals surface area contributed by atoms with Crippen molar-refractivity contribution >= 4 is 21.4 Å². The summed E-state index contributed by atoms with van der Waals surface area (Å²) in [5.41, 5.74) is -1.89. The number of hydrogen-bond donors (Lipinski definition) is 2. The number of carbonyl (C=O) groups is 1. The highest BCUT2D eigenvalue weighted by Gasteiger charge is 2.32. The van der Waals surface area contributed by atoms with Gasteiger partial charge in [-0.25, -0.2) is 8.42 Å². The fraction of sp³-hybridized carbons (Fsp3) is 0.182. The quantitative estimate of drug-likeness (QED) is 0.580. The van der Waals surface area contributed by atoms with E-state index in [1.165, 1.54) is 37.3 Å². The largest absolute Gasteiger partial charge is 0.506 e. The van der Waals surface area contributed by atoms with Gasteiger partial charge >= 0.3 is 6.18 Å². The van der Waals surface area contributed by atoms with Crippen LogP contribution in [0.1, 0.15) is 27.2 Å². The molecular formula is C22H19F3N2O5S. The van der Waals surface area contributed by atoms with Gasteiger partial charge < -0.3 is 15.0 Å². The van der Waals surface area contributed by atoms with Crippen LogP contribution in [0.3, 0.4) is 0 Å². The summed E-state index contributed by atoms with van der Waals surface area (Å²) in [5, 5.41) is 9.93. The number of alkyl halides is 3. The molecule has 0 fully saturated rings. The van der Waals surface area contributed by atoms with E-state index in [4.69, 9.17) is 0 Å². The second-order valence-corrected chi connectivity index (χ2v) is 9.39. The Kier molecular flexibility index (Phi) is 6.37. The highest BCUT2D eigenvalue weighted by atomic mass is 32.2. The summed E-state index contributed by atoms with van der Waals surface area (Å²) in [5.74, 6) is -1.31. The van der Waals surface area contributed by atoms with E-state index in [1.54, 1.807) is 0 Å². The fourth-order valence-electron chi connectivity index (χ4n) is 3.07. The predicted molar refractivity (Wildman–Crippen MR) is 115 cm³/mol. The van der Waals surface area contributed by atoms with Crippen LogP contribution in [0.25, 0.3) is 0 Å². The summed E-state index contributed by atoms with van der Waals surface area (Å²) < 4.78 is 63.1. The van der Waals surface area contributed by atoms with Crippen LogP contribution in [-0.4, -0.2) is 30.7 Å². The zero-order valence-electron chi connectivity index (χ0n) is 17.5. The number of halogens is 3. The zero-order valence-corrected chi connectivity index (χ0v) is 18.3. The lowest BCUT2D eigenvalue weighted by Gasteiger charge is -2.24. The van der Waals surface area contributed by atoms with Crippen LogP contribution in [0.4, 0.5) is 18.9 Å². The maximum Gasteiger partial charge on any atom is 0.416 e. The number of pyridine rings is 1. The van der Waals surface area contributed by atoms with E-state index in [9.17, 15) is 36.3 Å². The van der Waals surface area contributed by atoms with Gasteiger partial charge in [-0.05, 0) is 42.8 Å². The van der Waals surface area contributed by atoms with Gasteiger partial charge in [0.2, 0.25) is 0 Å². The van der Waals surface area contributed by atoms with E-state index >= 15 is 0 Å². The van der Waals surface area contributed by atoms with Crippen molar-refractivity contribution in [2.45, 2.75) is 24.5 Å². The van der Waals surface area contributed by atoms with E-state index in [0.717, 1.165) is 35.4 Å². The van der Waals surface area contributed by atoms with Gasteiger partial charge in [-0.2, -0.15) is 13.2 Å².